The van der Waals surface area contributed by atoms with E-state index in [0.717, 1.165) is 42.2 Å². The zero-order valence-corrected chi connectivity index (χ0v) is 22.9. The van der Waals surface area contributed by atoms with Gasteiger partial charge in [0.25, 0.3) is 5.91 Å². The van der Waals surface area contributed by atoms with Crippen molar-refractivity contribution in [2.45, 2.75) is 38.8 Å². The lowest BCUT2D eigenvalue weighted by Gasteiger charge is -2.19. The number of carbonyl (C=O) groups excluding carboxylic acids is 1. The van der Waals surface area contributed by atoms with Crippen LogP contribution in [-0.4, -0.2) is 48.1 Å². The van der Waals surface area contributed by atoms with Gasteiger partial charge in [0, 0.05) is 47.9 Å². The minimum Gasteiger partial charge on any atom is -0.436 e. The predicted octanol–water partition coefficient (Wildman–Crippen LogP) is 6.16. The number of nitriles is 1. The van der Waals surface area contributed by atoms with E-state index in [9.17, 15) is 10.1 Å². The molecule has 200 valence electrons. The van der Waals surface area contributed by atoms with Gasteiger partial charge < -0.3 is 14.5 Å². The first-order valence-corrected chi connectivity index (χ1v) is 13.6. The maximum atomic E-state index is 12.8. The second-order valence-corrected chi connectivity index (χ2v) is 10.6. The molecule has 1 amide bonds. The molecule has 1 saturated heterocycles. The van der Waals surface area contributed by atoms with Crippen LogP contribution in [0.1, 0.15) is 53.2 Å². The number of hydrogen-bond donors (Lipinski definition) is 1. The summed E-state index contributed by atoms with van der Waals surface area (Å²) in [6.45, 7) is 7.75. The number of nitrogens with zero attached hydrogens (tertiary/aromatic N) is 3. The van der Waals surface area contributed by atoms with Crippen LogP contribution in [0.4, 0.5) is 0 Å². The number of benzene rings is 3. The van der Waals surface area contributed by atoms with E-state index >= 15 is 0 Å². The van der Waals surface area contributed by atoms with Gasteiger partial charge in [0.2, 0.25) is 5.89 Å². The highest BCUT2D eigenvalue weighted by Crippen LogP contribution is 2.31. The molecule has 0 aliphatic carbocycles. The Kier molecular flexibility index (Phi) is 8.27. The molecule has 3 aromatic carbocycles. The van der Waals surface area contributed by atoms with Gasteiger partial charge >= 0.3 is 0 Å². The van der Waals surface area contributed by atoms with Gasteiger partial charge in [-0.05, 0) is 66.4 Å². The van der Waals surface area contributed by atoms with Crippen LogP contribution in [0.5, 0.6) is 0 Å². The minimum atomic E-state index is -0.150. The molecule has 39 heavy (non-hydrogen) atoms. The largest absolute Gasteiger partial charge is 0.436 e. The number of halogens is 1. The van der Waals surface area contributed by atoms with Gasteiger partial charge in [-0.3, -0.25) is 9.69 Å². The number of nitrogens with one attached hydrogen (secondary N) is 1. The second-order valence-electron chi connectivity index (χ2n) is 10.2. The summed E-state index contributed by atoms with van der Waals surface area (Å²) >= 11 is 6.12. The normalized spacial score (nSPS) is 16.2. The van der Waals surface area contributed by atoms with E-state index in [0.29, 0.717) is 41.3 Å². The summed E-state index contributed by atoms with van der Waals surface area (Å²) in [4.78, 5) is 19.8. The van der Waals surface area contributed by atoms with E-state index in [1.54, 1.807) is 18.2 Å². The maximum absolute atomic E-state index is 12.8. The summed E-state index contributed by atoms with van der Waals surface area (Å²) in [6, 6.07) is 20.9. The molecule has 1 aliphatic rings. The van der Waals surface area contributed by atoms with Gasteiger partial charge in [-0.2, -0.15) is 5.26 Å². The fourth-order valence-corrected chi connectivity index (χ4v) is 5.04. The molecule has 2 heterocycles. The van der Waals surface area contributed by atoms with E-state index < -0.39 is 0 Å². The highest BCUT2D eigenvalue weighted by Gasteiger charge is 2.20. The molecule has 8 heteroatoms. The second kappa shape index (κ2) is 12.0. The lowest BCUT2D eigenvalue weighted by molar-refractivity contribution is 0.0584. The zero-order valence-electron chi connectivity index (χ0n) is 22.1. The van der Waals surface area contributed by atoms with Crippen LogP contribution in [0.3, 0.4) is 0 Å². The Balaban J connectivity index is 1.18. The molecule has 7 nitrogen and oxygen atoms in total. The van der Waals surface area contributed by atoms with Gasteiger partial charge in [-0.25, -0.2) is 4.98 Å². The Morgan fingerprint density at radius 3 is 2.74 bits per heavy atom. The maximum Gasteiger partial charge on any atom is 0.251 e. The molecule has 0 unspecified atom stereocenters. The van der Waals surface area contributed by atoms with Gasteiger partial charge in [0.1, 0.15) is 5.52 Å². The van der Waals surface area contributed by atoms with Crippen LogP contribution in [0.25, 0.3) is 22.6 Å². The Labute approximate surface area is 233 Å². The van der Waals surface area contributed by atoms with Crippen molar-refractivity contribution < 1.29 is 13.9 Å². The summed E-state index contributed by atoms with van der Waals surface area (Å²) in [6.07, 6.45) is 0.800. The molecule has 1 N–H and O–H groups in total. The first-order valence-electron chi connectivity index (χ1n) is 13.2. The van der Waals surface area contributed by atoms with Crippen molar-refractivity contribution in [3.8, 4) is 17.5 Å². The van der Waals surface area contributed by atoms with Gasteiger partial charge in [0.05, 0.1) is 24.3 Å². The van der Waals surface area contributed by atoms with Crippen molar-refractivity contribution in [2.24, 2.45) is 0 Å². The molecule has 1 aromatic heterocycles. The Morgan fingerprint density at radius 1 is 1.18 bits per heavy atom. The Morgan fingerprint density at radius 2 is 2.00 bits per heavy atom. The Hall–Kier alpha value is -3.70. The summed E-state index contributed by atoms with van der Waals surface area (Å²) < 4.78 is 12.1. The van der Waals surface area contributed by atoms with E-state index in [1.165, 1.54) is 5.56 Å². The highest BCUT2D eigenvalue weighted by atomic mass is 35.5. The van der Waals surface area contributed by atoms with Crippen LogP contribution >= 0.6 is 11.6 Å². The number of oxazole rings is 1. The van der Waals surface area contributed by atoms with Gasteiger partial charge in [-0.1, -0.05) is 37.6 Å². The number of amides is 1. The predicted molar refractivity (Wildman–Crippen MR) is 152 cm³/mol. The molecule has 0 bridgehead atoms. The monoisotopic (exact) mass is 542 g/mol. The lowest BCUT2D eigenvalue weighted by atomic mass is 10.00. The minimum absolute atomic E-state index is 0.0363. The molecule has 5 rings (SSSR count). The van der Waals surface area contributed by atoms with Crippen LogP contribution in [0, 0.1) is 11.3 Å². The van der Waals surface area contributed by atoms with Crippen molar-refractivity contribution in [3.63, 3.8) is 0 Å². The summed E-state index contributed by atoms with van der Waals surface area (Å²) in [7, 11) is 0. The van der Waals surface area contributed by atoms with Crippen LogP contribution in [-0.2, 0) is 11.3 Å². The third kappa shape index (κ3) is 6.48. The third-order valence-electron chi connectivity index (χ3n) is 6.98. The molecule has 0 radical (unpaired) electrons. The van der Waals surface area contributed by atoms with E-state index in [1.807, 2.05) is 36.4 Å². The lowest BCUT2D eigenvalue weighted by Crippen LogP contribution is -2.34. The summed E-state index contributed by atoms with van der Waals surface area (Å²) in [5.74, 6) is 0.503. The van der Waals surface area contributed by atoms with Crippen molar-refractivity contribution in [3.05, 3.63) is 87.9 Å². The van der Waals surface area contributed by atoms with Crippen molar-refractivity contribution in [2.75, 3.05) is 26.2 Å². The fraction of sp³-hybridized carbons (Fsp3) is 0.323. The topological polar surface area (TPSA) is 91.4 Å². The number of aromatic nitrogens is 1. The van der Waals surface area contributed by atoms with Crippen molar-refractivity contribution >= 4 is 28.6 Å². The molecule has 1 atom stereocenters. The van der Waals surface area contributed by atoms with Gasteiger partial charge in [-0.15, -0.1) is 0 Å². The summed E-state index contributed by atoms with van der Waals surface area (Å²) in [5.41, 5.74) is 5.36. The average molecular weight is 543 g/mol. The molecule has 0 spiro atoms. The number of ether oxygens (including phenoxy) is 1. The zero-order chi connectivity index (χ0) is 27.4. The molecule has 1 aliphatic heterocycles. The fourth-order valence-electron chi connectivity index (χ4n) is 4.83. The van der Waals surface area contributed by atoms with Crippen LogP contribution in [0.15, 0.2) is 65.1 Å². The average Bonchev–Trinajstić information content (AvgIpc) is 3.24. The van der Waals surface area contributed by atoms with Crippen LogP contribution in [0.2, 0.25) is 5.02 Å². The molecular formula is C31H31ClN4O3. The molecule has 4 aromatic rings. The van der Waals surface area contributed by atoms with Crippen LogP contribution < -0.4 is 5.32 Å². The first kappa shape index (κ1) is 26.9. The number of rotatable bonds is 7. The van der Waals surface area contributed by atoms with Crippen molar-refractivity contribution in [1.82, 2.24) is 15.2 Å². The van der Waals surface area contributed by atoms with E-state index in [-0.39, 0.29) is 17.9 Å². The van der Waals surface area contributed by atoms with E-state index in [2.05, 4.69) is 41.2 Å². The number of fused-ring (bicyclic) bond motifs is 1. The molecule has 1 fully saturated rings. The molecule has 0 saturated carbocycles. The number of hydrogen-bond acceptors (Lipinski definition) is 6. The highest BCUT2D eigenvalue weighted by molar-refractivity contribution is 6.30. The molecular weight excluding hydrogens is 512 g/mol. The quantitative estimate of drug-likeness (QED) is 0.300. The standard InChI is InChI=1S/C31H31ClN4O3/c1-20(2)27-15-22(17-33)16-28-29(27)39-31(35-28)24-8-6-23(7-9-24)30(37)34-18-26-10-11-36(12-13-38-26)19-21-4-3-5-25(32)14-21/h3-9,14-16,20,26H,10-13,18-19H2,1-2H3,(H,34,37)/t26-/m0/s1. The smallest absolute Gasteiger partial charge is 0.251 e. The summed E-state index contributed by atoms with van der Waals surface area (Å²) in [5, 5.41) is 13.1. The third-order valence-corrected chi connectivity index (χ3v) is 7.21. The van der Waals surface area contributed by atoms with E-state index in [4.69, 9.17) is 20.8 Å². The van der Waals surface area contributed by atoms with Crippen molar-refractivity contribution in [1.29, 1.82) is 5.26 Å². The Bertz CT molecular complexity index is 1510. The number of carbonyl (C=O) groups is 1. The van der Waals surface area contributed by atoms with Gasteiger partial charge in [0.15, 0.2) is 5.58 Å². The first-order chi connectivity index (χ1) is 18.9. The SMILES string of the molecule is CC(C)c1cc(C#N)cc2nc(-c3ccc(C(=O)NC[C@@H]4CCN(Cc5cccc(Cl)c5)CCO4)cc3)oc12.